The zero-order valence-electron chi connectivity index (χ0n) is 13.0. The third-order valence-electron chi connectivity index (χ3n) is 3.47. The molecule has 0 aliphatic heterocycles. The van der Waals surface area contributed by atoms with Gasteiger partial charge in [-0.05, 0) is 42.8 Å². The molecule has 0 spiro atoms. The number of carbonyl (C=O) groups excluding carboxylic acids is 1. The quantitative estimate of drug-likeness (QED) is 0.770. The fraction of sp³-hybridized carbons (Fsp3) is 0.158. The van der Waals surface area contributed by atoms with Crippen molar-refractivity contribution in [1.82, 2.24) is 10.3 Å². The predicted molar refractivity (Wildman–Crippen MR) is 90.9 cm³/mol. The highest BCUT2D eigenvalue weighted by Gasteiger charge is 2.08. The number of nitrogens with one attached hydrogen (secondary N) is 1. The van der Waals surface area contributed by atoms with Crippen LogP contribution in [0.4, 0.5) is 0 Å². The van der Waals surface area contributed by atoms with Gasteiger partial charge < -0.3 is 10.1 Å². The maximum absolute atomic E-state index is 12.0. The van der Waals surface area contributed by atoms with E-state index in [1.165, 1.54) is 0 Å². The largest absolute Gasteiger partial charge is 0.457 e. The van der Waals surface area contributed by atoms with Gasteiger partial charge in [-0.1, -0.05) is 25.1 Å². The Balaban J connectivity index is 1.86. The lowest BCUT2D eigenvalue weighted by Crippen LogP contribution is -2.23. The molecule has 3 aromatic rings. The highest BCUT2D eigenvalue weighted by atomic mass is 16.5. The Morgan fingerprint density at radius 1 is 1.13 bits per heavy atom. The molecule has 116 valence electrons. The minimum Gasteiger partial charge on any atom is -0.457 e. The van der Waals surface area contributed by atoms with E-state index >= 15 is 0 Å². The van der Waals surface area contributed by atoms with Gasteiger partial charge in [-0.3, -0.25) is 9.78 Å². The van der Waals surface area contributed by atoms with Crippen molar-refractivity contribution in [1.29, 1.82) is 0 Å². The van der Waals surface area contributed by atoms with E-state index < -0.39 is 0 Å². The monoisotopic (exact) mass is 306 g/mol. The summed E-state index contributed by atoms with van der Waals surface area (Å²) in [5.74, 6) is 1.27. The van der Waals surface area contributed by atoms with E-state index in [-0.39, 0.29) is 5.91 Å². The predicted octanol–water partition coefficient (Wildman–Crippen LogP) is 4.17. The van der Waals surface area contributed by atoms with Crippen molar-refractivity contribution < 1.29 is 9.53 Å². The Morgan fingerprint density at radius 3 is 2.87 bits per heavy atom. The summed E-state index contributed by atoms with van der Waals surface area (Å²) >= 11 is 0. The van der Waals surface area contributed by atoms with E-state index in [4.69, 9.17) is 4.74 Å². The van der Waals surface area contributed by atoms with Crippen molar-refractivity contribution in [2.75, 3.05) is 6.54 Å². The van der Waals surface area contributed by atoms with Gasteiger partial charge in [-0.2, -0.15) is 0 Å². The standard InChI is InChI=1S/C19H18N2O2/c1-2-11-21-19(22)14-6-5-7-15(13-14)23-18-10-12-20-17-9-4-3-8-16(17)18/h3-10,12-13H,2,11H2,1H3,(H,21,22). The van der Waals surface area contributed by atoms with Crippen molar-refractivity contribution in [2.24, 2.45) is 0 Å². The van der Waals surface area contributed by atoms with Crippen LogP contribution in [0, 0.1) is 0 Å². The second-order valence-corrected chi connectivity index (χ2v) is 5.21. The zero-order chi connectivity index (χ0) is 16.1. The molecule has 0 saturated heterocycles. The molecule has 1 amide bonds. The first kappa shape index (κ1) is 15.0. The second kappa shape index (κ2) is 6.92. The highest BCUT2D eigenvalue weighted by Crippen LogP contribution is 2.28. The third-order valence-corrected chi connectivity index (χ3v) is 3.47. The first-order valence-corrected chi connectivity index (χ1v) is 7.68. The SMILES string of the molecule is CCCNC(=O)c1cccc(Oc2ccnc3ccccc23)c1. The first-order chi connectivity index (χ1) is 11.3. The fourth-order valence-corrected chi connectivity index (χ4v) is 2.33. The molecule has 0 unspecified atom stereocenters. The Labute approximate surface area is 135 Å². The minimum absolute atomic E-state index is 0.0862. The molecule has 2 aromatic carbocycles. The van der Waals surface area contributed by atoms with Gasteiger partial charge in [0.25, 0.3) is 5.91 Å². The summed E-state index contributed by atoms with van der Waals surface area (Å²) in [4.78, 5) is 16.4. The molecule has 23 heavy (non-hydrogen) atoms. The topological polar surface area (TPSA) is 51.2 Å². The number of hydrogen-bond acceptors (Lipinski definition) is 3. The smallest absolute Gasteiger partial charge is 0.251 e. The second-order valence-electron chi connectivity index (χ2n) is 5.21. The van der Waals surface area contributed by atoms with Crippen LogP contribution in [-0.4, -0.2) is 17.4 Å². The van der Waals surface area contributed by atoms with Gasteiger partial charge in [0.15, 0.2) is 0 Å². The lowest BCUT2D eigenvalue weighted by molar-refractivity contribution is 0.0953. The average Bonchev–Trinajstić information content (AvgIpc) is 2.60. The van der Waals surface area contributed by atoms with Gasteiger partial charge in [0.05, 0.1) is 5.52 Å². The van der Waals surface area contributed by atoms with Crippen molar-refractivity contribution >= 4 is 16.8 Å². The molecule has 1 aromatic heterocycles. The summed E-state index contributed by atoms with van der Waals surface area (Å²) in [7, 11) is 0. The molecule has 3 rings (SSSR count). The number of ether oxygens (including phenoxy) is 1. The summed E-state index contributed by atoms with van der Waals surface area (Å²) < 4.78 is 5.97. The van der Waals surface area contributed by atoms with Crippen LogP contribution >= 0.6 is 0 Å². The molecule has 0 atom stereocenters. The summed E-state index contributed by atoms with van der Waals surface area (Å²) in [5.41, 5.74) is 1.47. The molecular formula is C19H18N2O2. The average molecular weight is 306 g/mol. The summed E-state index contributed by atoms with van der Waals surface area (Å²) in [6, 6.07) is 16.8. The van der Waals surface area contributed by atoms with Gasteiger partial charge in [-0.25, -0.2) is 0 Å². The Morgan fingerprint density at radius 2 is 2.00 bits per heavy atom. The van der Waals surface area contributed by atoms with Gasteiger partial charge in [0.2, 0.25) is 0 Å². The first-order valence-electron chi connectivity index (χ1n) is 7.68. The van der Waals surface area contributed by atoms with Crippen molar-refractivity contribution in [3.63, 3.8) is 0 Å². The Kier molecular flexibility index (Phi) is 4.52. The molecule has 1 heterocycles. The number of benzene rings is 2. The van der Waals surface area contributed by atoms with Crippen LogP contribution in [-0.2, 0) is 0 Å². The van der Waals surface area contributed by atoms with E-state index in [1.807, 2.05) is 49.4 Å². The van der Waals surface area contributed by atoms with Gasteiger partial charge in [-0.15, -0.1) is 0 Å². The lowest BCUT2D eigenvalue weighted by Gasteiger charge is -2.10. The van der Waals surface area contributed by atoms with E-state index in [1.54, 1.807) is 18.3 Å². The number of carbonyl (C=O) groups is 1. The molecule has 0 fully saturated rings. The van der Waals surface area contributed by atoms with E-state index in [2.05, 4.69) is 10.3 Å². The zero-order valence-corrected chi connectivity index (χ0v) is 13.0. The normalized spacial score (nSPS) is 10.5. The van der Waals surface area contributed by atoms with Crippen LogP contribution in [0.25, 0.3) is 10.9 Å². The van der Waals surface area contributed by atoms with E-state index in [0.29, 0.717) is 17.9 Å². The lowest BCUT2D eigenvalue weighted by atomic mass is 10.2. The summed E-state index contributed by atoms with van der Waals surface area (Å²) in [6.45, 7) is 2.69. The minimum atomic E-state index is -0.0862. The highest BCUT2D eigenvalue weighted by molar-refractivity contribution is 5.94. The Bertz CT molecular complexity index is 825. The number of para-hydroxylation sites is 1. The number of hydrogen-bond donors (Lipinski definition) is 1. The fourth-order valence-electron chi connectivity index (χ4n) is 2.33. The van der Waals surface area contributed by atoms with Crippen molar-refractivity contribution in [3.8, 4) is 11.5 Å². The third kappa shape index (κ3) is 3.48. The van der Waals surface area contributed by atoms with Crippen LogP contribution in [0.1, 0.15) is 23.7 Å². The maximum atomic E-state index is 12.0. The van der Waals surface area contributed by atoms with Crippen molar-refractivity contribution in [2.45, 2.75) is 13.3 Å². The summed E-state index contributed by atoms with van der Waals surface area (Å²) in [6.07, 6.45) is 2.63. The van der Waals surface area contributed by atoms with Crippen LogP contribution in [0.3, 0.4) is 0 Å². The van der Waals surface area contributed by atoms with E-state index in [0.717, 1.165) is 23.1 Å². The van der Waals surface area contributed by atoms with Crippen LogP contribution in [0.2, 0.25) is 0 Å². The maximum Gasteiger partial charge on any atom is 0.251 e. The molecule has 4 nitrogen and oxygen atoms in total. The number of aromatic nitrogens is 1. The molecule has 0 saturated carbocycles. The number of amides is 1. The number of pyridine rings is 1. The van der Waals surface area contributed by atoms with Gasteiger partial charge >= 0.3 is 0 Å². The number of nitrogens with zero attached hydrogens (tertiary/aromatic N) is 1. The van der Waals surface area contributed by atoms with Crippen LogP contribution in [0.15, 0.2) is 60.8 Å². The van der Waals surface area contributed by atoms with Crippen LogP contribution < -0.4 is 10.1 Å². The number of fused-ring (bicyclic) bond motifs is 1. The summed E-state index contributed by atoms with van der Waals surface area (Å²) in [5, 5.41) is 3.81. The molecule has 0 radical (unpaired) electrons. The molecule has 1 N–H and O–H groups in total. The molecule has 4 heteroatoms. The van der Waals surface area contributed by atoms with Gasteiger partial charge in [0, 0.05) is 23.7 Å². The molecule has 0 aliphatic rings. The van der Waals surface area contributed by atoms with Crippen molar-refractivity contribution in [3.05, 3.63) is 66.4 Å². The van der Waals surface area contributed by atoms with E-state index in [9.17, 15) is 4.79 Å². The Hall–Kier alpha value is -2.88. The van der Waals surface area contributed by atoms with Crippen LogP contribution in [0.5, 0.6) is 11.5 Å². The number of rotatable bonds is 5. The molecular weight excluding hydrogens is 288 g/mol. The molecule has 0 bridgehead atoms. The van der Waals surface area contributed by atoms with Gasteiger partial charge in [0.1, 0.15) is 11.5 Å². The molecule has 0 aliphatic carbocycles.